The van der Waals surface area contributed by atoms with Gasteiger partial charge in [-0.15, -0.1) is 0 Å². The molecule has 1 aromatic heterocycles. The maximum atomic E-state index is 13.7. The Labute approximate surface area is 206 Å². The molecule has 1 saturated carbocycles. The minimum absolute atomic E-state index is 0.00252. The zero-order valence-electron chi connectivity index (χ0n) is 20.2. The van der Waals surface area contributed by atoms with Gasteiger partial charge in [-0.05, 0) is 55.5 Å². The van der Waals surface area contributed by atoms with Crippen LogP contribution in [-0.2, 0) is 27.4 Å². The summed E-state index contributed by atoms with van der Waals surface area (Å²) in [5, 5.41) is 0. The molecule has 1 saturated heterocycles. The van der Waals surface area contributed by atoms with E-state index in [1.807, 2.05) is 30.3 Å². The predicted octanol–water partition coefficient (Wildman–Crippen LogP) is 4.13. The van der Waals surface area contributed by atoms with E-state index in [1.165, 1.54) is 6.42 Å². The van der Waals surface area contributed by atoms with E-state index in [1.54, 1.807) is 16.1 Å². The molecule has 1 unspecified atom stereocenters. The Kier molecular flexibility index (Phi) is 7.57. The highest BCUT2D eigenvalue weighted by Gasteiger charge is 2.31. The highest BCUT2D eigenvalue weighted by atomic mass is 16.7. The van der Waals surface area contributed by atoms with Crippen molar-refractivity contribution in [2.24, 2.45) is 5.92 Å². The van der Waals surface area contributed by atoms with Gasteiger partial charge >= 0.3 is 0 Å². The van der Waals surface area contributed by atoms with Crippen molar-refractivity contribution in [2.45, 2.75) is 64.1 Å². The van der Waals surface area contributed by atoms with Crippen LogP contribution < -0.4 is 9.47 Å². The number of amides is 2. The zero-order chi connectivity index (χ0) is 24.0. The third-order valence-electron chi connectivity index (χ3n) is 7.13. The molecule has 35 heavy (non-hydrogen) atoms. The number of benzene rings is 1. The second-order valence-electron chi connectivity index (χ2n) is 9.71. The molecule has 8 nitrogen and oxygen atoms in total. The topological polar surface area (TPSA) is 81.5 Å². The van der Waals surface area contributed by atoms with E-state index in [-0.39, 0.29) is 37.2 Å². The Morgan fingerprint density at radius 3 is 2.54 bits per heavy atom. The van der Waals surface area contributed by atoms with Crippen LogP contribution in [-0.4, -0.2) is 54.2 Å². The fourth-order valence-corrected chi connectivity index (χ4v) is 5.22. The van der Waals surface area contributed by atoms with Crippen LogP contribution >= 0.6 is 0 Å². The highest BCUT2D eigenvalue weighted by molar-refractivity contribution is 5.86. The van der Waals surface area contributed by atoms with Crippen molar-refractivity contribution >= 4 is 11.8 Å². The lowest BCUT2D eigenvalue weighted by atomic mass is 9.88. The normalized spacial score (nSPS) is 19.6. The van der Waals surface area contributed by atoms with E-state index < -0.39 is 0 Å². The highest BCUT2D eigenvalue weighted by Crippen LogP contribution is 2.33. The Hall–Kier alpha value is -3.00. The monoisotopic (exact) mass is 482 g/mol. The van der Waals surface area contributed by atoms with Gasteiger partial charge in [-0.3, -0.25) is 9.59 Å². The first kappa shape index (κ1) is 23.7. The summed E-state index contributed by atoms with van der Waals surface area (Å²) in [5.41, 5.74) is 0.929. The molecule has 8 heteroatoms. The third-order valence-corrected chi connectivity index (χ3v) is 7.13. The van der Waals surface area contributed by atoms with E-state index in [9.17, 15) is 9.59 Å². The number of ether oxygens (including phenoxy) is 3. The van der Waals surface area contributed by atoms with E-state index in [2.05, 4.69) is 0 Å². The van der Waals surface area contributed by atoms with Crippen molar-refractivity contribution in [3.63, 3.8) is 0 Å². The lowest BCUT2D eigenvalue weighted by Crippen LogP contribution is -2.47. The molecule has 188 valence electrons. The summed E-state index contributed by atoms with van der Waals surface area (Å²) >= 11 is 0. The Morgan fingerprint density at radius 2 is 1.77 bits per heavy atom. The standard InChI is InChI=1S/C27H34N2O6/c30-26(18-29(17-23-9-5-13-33-23)27(31)21-6-2-1-3-7-21)28(16-22-8-4-12-32-22)15-20-10-11-24-25(14-20)35-19-34-24/h4,8,10-12,14,21,23H,1-3,5-7,9,13,15-19H2. The number of hydrogen-bond acceptors (Lipinski definition) is 6. The van der Waals surface area contributed by atoms with Crippen LogP contribution in [0.5, 0.6) is 11.5 Å². The average Bonchev–Trinajstić information content (AvgIpc) is 3.66. The number of carbonyl (C=O) groups is 2. The molecule has 1 aromatic carbocycles. The van der Waals surface area contributed by atoms with Gasteiger partial charge in [-0.2, -0.15) is 0 Å². The number of furan rings is 1. The number of nitrogens with zero attached hydrogens (tertiary/aromatic N) is 2. The lowest BCUT2D eigenvalue weighted by Gasteiger charge is -2.32. The first-order valence-electron chi connectivity index (χ1n) is 12.7. The SMILES string of the molecule is O=C(CN(CC1CCCO1)C(=O)C1CCCCC1)N(Cc1ccc2c(c1)OCO2)Cc1ccco1. The smallest absolute Gasteiger partial charge is 0.242 e. The molecular formula is C27H34N2O6. The van der Waals surface area contributed by atoms with Crippen molar-refractivity contribution in [3.05, 3.63) is 47.9 Å². The van der Waals surface area contributed by atoms with Gasteiger partial charge < -0.3 is 28.4 Å². The molecule has 0 N–H and O–H groups in total. The molecule has 2 amide bonds. The predicted molar refractivity (Wildman–Crippen MR) is 128 cm³/mol. The fraction of sp³-hybridized carbons (Fsp3) is 0.556. The number of fused-ring (bicyclic) bond motifs is 1. The van der Waals surface area contributed by atoms with Gasteiger partial charge in [0.2, 0.25) is 18.6 Å². The molecule has 2 fully saturated rings. The van der Waals surface area contributed by atoms with Crippen molar-refractivity contribution in [1.82, 2.24) is 9.80 Å². The maximum absolute atomic E-state index is 13.7. The molecular weight excluding hydrogens is 448 g/mol. The largest absolute Gasteiger partial charge is 0.467 e. The molecule has 0 spiro atoms. The van der Waals surface area contributed by atoms with Gasteiger partial charge in [0.25, 0.3) is 0 Å². The molecule has 0 bridgehead atoms. The Morgan fingerprint density at radius 1 is 0.914 bits per heavy atom. The number of rotatable bonds is 9. The molecule has 1 aliphatic carbocycles. The van der Waals surface area contributed by atoms with E-state index in [0.717, 1.165) is 50.7 Å². The second-order valence-corrected chi connectivity index (χ2v) is 9.71. The summed E-state index contributed by atoms with van der Waals surface area (Å²) in [4.78, 5) is 30.7. The van der Waals surface area contributed by atoms with Crippen LogP contribution in [0.3, 0.4) is 0 Å². The van der Waals surface area contributed by atoms with Crippen LogP contribution in [0, 0.1) is 5.92 Å². The van der Waals surface area contributed by atoms with Crippen LogP contribution in [0.1, 0.15) is 56.3 Å². The van der Waals surface area contributed by atoms with E-state index in [4.69, 9.17) is 18.6 Å². The third kappa shape index (κ3) is 5.99. The van der Waals surface area contributed by atoms with Crippen molar-refractivity contribution in [1.29, 1.82) is 0 Å². The minimum Gasteiger partial charge on any atom is -0.467 e. The van der Waals surface area contributed by atoms with Crippen LogP contribution in [0.15, 0.2) is 41.0 Å². The van der Waals surface area contributed by atoms with Gasteiger partial charge in [0.1, 0.15) is 5.76 Å². The summed E-state index contributed by atoms with van der Waals surface area (Å²) < 4.78 is 22.3. The van der Waals surface area contributed by atoms with Crippen molar-refractivity contribution < 1.29 is 28.2 Å². The Balaban J connectivity index is 1.32. The summed E-state index contributed by atoms with van der Waals surface area (Å²) in [7, 11) is 0. The van der Waals surface area contributed by atoms with Crippen molar-refractivity contribution in [3.8, 4) is 11.5 Å². The van der Waals surface area contributed by atoms with Gasteiger partial charge in [0.05, 0.1) is 25.5 Å². The summed E-state index contributed by atoms with van der Waals surface area (Å²) in [6, 6.07) is 9.38. The number of hydrogen-bond donors (Lipinski definition) is 0. The molecule has 0 radical (unpaired) electrons. The molecule has 2 aliphatic heterocycles. The fourth-order valence-electron chi connectivity index (χ4n) is 5.22. The second kappa shape index (κ2) is 11.2. The molecule has 2 aromatic rings. The van der Waals surface area contributed by atoms with Gasteiger partial charge in [0.15, 0.2) is 11.5 Å². The molecule has 1 atom stereocenters. The van der Waals surface area contributed by atoms with Crippen LogP contribution in [0.25, 0.3) is 0 Å². The van der Waals surface area contributed by atoms with Gasteiger partial charge in [0, 0.05) is 25.6 Å². The Bertz CT molecular complexity index is 995. The average molecular weight is 483 g/mol. The first-order valence-corrected chi connectivity index (χ1v) is 12.7. The summed E-state index contributed by atoms with van der Waals surface area (Å²) in [6.07, 6.45) is 8.68. The number of carbonyl (C=O) groups excluding carboxylic acids is 2. The first-order chi connectivity index (χ1) is 17.2. The van der Waals surface area contributed by atoms with Crippen LogP contribution in [0.4, 0.5) is 0 Å². The maximum Gasteiger partial charge on any atom is 0.242 e. The van der Waals surface area contributed by atoms with E-state index in [0.29, 0.717) is 36.9 Å². The molecule has 5 rings (SSSR count). The van der Waals surface area contributed by atoms with E-state index >= 15 is 0 Å². The quantitative estimate of drug-likeness (QED) is 0.535. The van der Waals surface area contributed by atoms with Crippen LogP contribution in [0.2, 0.25) is 0 Å². The lowest BCUT2D eigenvalue weighted by molar-refractivity contribution is -0.145. The minimum atomic E-state index is -0.110. The summed E-state index contributed by atoms with van der Waals surface area (Å²) in [6.45, 7) is 2.14. The molecule has 3 heterocycles. The molecule has 3 aliphatic rings. The van der Waals surface area contributed by atoms with Crippen molar-refractivity contribution in [2.75, 3.05) is 26.5 Å². The van der Waals surface area contributed by atoms with Gasteiger partial charge in [-0.1, -0.05) is 25.3 Å². The zero-order valence-corrected chi connectivity index (χ0v) is 20.2. The van der Waals surface area contributed by atoms with Gasteiger partial charge in [-0.25, -0.2) is 0 Å². The summed E-state index contributed by atoms with van der Waals surface area (Å²) in [5.74, 6) is 2.07.